The van der Waals surface area contributed by atoms with Crippen LogP contribution in [0.5, 0.6) is 0 Å². The highest BCUT2D eigenvalue weighted by atomic mass is 32.1. The van der Waals surface area contributed by atoms with Crippen LogP contribution in [0, 0.1) is 5.92 Å². The SMILES string of the molecule is CCC(CC)CNC(C)c1cncs1. The number of nitrogens with zero attached hydrogens (tertiary/aromatic N) is 1. The molecule has 1 N–H and O–H groups in total. The number of aromatic nitrogens is 1. The third-order valence-corrected chi connectivity index (χ3v) is 3.70. The Bertz CT molecular complexity index is 229. The highest BCUT2D eigenvalue weighted by Gasteiger charge is 2.08. The summed E-state index contributed by atoms with van der Waals surface area (Å²) in [6.45, 7) is 7.84. The summed E-state index contributed by atoms with van der Waals surface area (Å²) in [7, 11) is 0. The van der Waals surface area contributed by atoms with Crippen LogP contribution in [0.4, 0.5) is 0 Å². The van der Waals surface area contributed by atoms with Gasteiger partial charge in [-0.25, -0.2) is 0 Å². The monoisotopic (exact) mass is 212 g/mol. The minimum atomic E-state index is 0.447. The van der Waals surface area contributed by atoms with Gasteiger partial charge in [-0.15, -0.1) is 11.3 Å². The van der Waals surface area contributed by atoms with E-state index in [0.29, 0.717) is 6.04 Å². The fourth-order valence-electron chi connectivity index (χ4n) is 1.46. The third-order valence-electron chi connectivity index (χ3n) is 2.75. The highest BCUT2D eigenvalue weighted by molar-refractivity contribution is 7.09. The van der Waals surface area contributed by atoms with Gasteiger partial charge in [0.2, 0.25) is 0 Å². The molecule has 80 valence electrons. The predicted octanol–water partition coefficient (Wildman–Crippen LogP) is 3.23. The van der Waals surface area contributed by atoms with E-state index in [2.05, 4.69) is 31.1 Å². The van der Waals surface area contributed by atoms with E-state index in [1.54, 1.807) is 11.3 Å². The van der Waals surface area contributed by atoms with Gasteiger partial charge in [0, 0.05) is 17.1 Å². The molecule has 0 fully saturated rings. The highest BCUT2D eigenvalue weighted by Crippen LogP contribution is 2.17. The fourth-order valence-corrected chi connectivity index (χ4v) is 2.11. The van der Waals surface area contributed by atoms with Gasteiger partial charge < -0.3 is 5.32 Å². The molecule has 1 aromatic heterocycles. The number of hydrogen-bond acceptors (Lipinski definition) is 3. The minimum absolute atomic E-state index is 0.447. The van der Waals surface area contributed by atoms with Crippen LogP contribution in [-0.4, -0.2) is 11.5 Å². The van der Waals surface area contributed by atoms with Gasteiger partial charge in [0.25, 0.3) is 0 Å². The molecule has 0 aliphatic carbocycles. The van der Waals surface area contributed by atoms with Gasteiger partial charge in [-0.1, -0.05) is 26.7 Å². The summed E-state index contributed by atoms with van der Waals surface area (Å²) in [6.07, 6.45) is 4.48. The zero-order valence-electron chi connectivity index (χ0n) is 9.29. The number of hydrogen-bond donors (Lipinski definition) is 1. The predicted molar refractivity (Wildman–Crippen MR) is 62.6 cm³/mol. The molecule has 0 amide bonds. The molecule has 0 saturated carbocycles. The molecule has 0 spiro atoms. The maximum absolute atomic E-state index is 4.09. The van der Waals surface area contributed by atoms with E-state index >= 15 is 0 Å². The second-order valence-corrected chi connectivity index (χ2v) is 4.63. The van der Waals surface area contributed by atoms with Gasteiger partial charge in [-0.05, 0) is 19.4 Å². The molecular formula is C11H20N2S. The van der Waals surface area contributed by atoms with Crippen molar-refractivity contribution in [2.75, 3.05) is 6.54 Å². The maximum Gasteiger partial charge on any atom is 0.0794 e. The molecule has 3 heteroatoms. The van der Waals surface area contributed by atoms with Gasteiger partial charge in [-0.2, -0.15) is 0 Å². The zero-order valence-corrected chi connectivity index (χ0v) is 10.1. The molecule has 1 heterocycles. The molecule has 1 rings (SSSR count). The number of rotatable bonds is 6. The lowest BCUT2D eigenvalue weighted by molar-refractivity contribution is 0.424. The molecule has 2 nitrogen and oxygen atoms in total. The minimum Gasteiger partial charge on any atom is -0.309 e. The first-order chi connectivity index (χ1) is 6.77. The summed E-state index contributed by atoms with van der Waals surface area (Å²) in [5, 5.41) is 3.56. The summed E-state index contributed by atoms with van der Waals surface area (Å²) in [4.78, 5) is 5.42. The fraction of sp³-hybridized carbons (Fsp3) is 0.727. The van der Waals surface area contributed by atoms with Crippen molar-refractivity contribution in [2.24, 2.45) is 5.92 Å². The average Bonchev–Trinajstić information content (AvgIpc) is 2.72. The van der Waals surface area contributed by atoms with Crippen molar-refractivity contribution in [3.05, 3.63) is 16.6 Å². The molecule has 0 aliphatic heterocycles. The first-order valence-corrected chi connectivity index (χ1v) is 6.27. The summed E-state index contributed by atoms with van der Waals surface area (Å²) in [6, 6.07) is 0.447. The van der Waals surface area contributed by atoms with E-state index < -0.39 is 0 Å². The number of thiazole rings is 1. The second-order valence-electron chi connectivity index (χ2n) is 3.72. The van der Waals surface area contributed by atoms with Gasteiger partial charge >= 0.3 is 0 Å². The molecule has 0 bridgehead atoms. The van der Waals surface area contributed by atoms with Crippen LogP contribution >= 0.6 is 11.3 Å². The second kappa shape index (κ2) is 6.14. The third kappa shape index (κ3) is 3.39. The number of nitrogens with one attached hydrogen (secondary N) is 1. The van der Waals surface area contributed by atoms with Crippen LogP contribution < -0.4 is 5.32 Å². The normalized spacial score (nSPS) is 13.4. The lowest BCUT2D eigenvalue weighted by Gasteiger charge is -2.17. The molecule has 1 unspecified atom stereocenters. The summed E-state index contributed by atoms with van der Waals surface area (Å²) < 4.78 is 0. The van der Waals surface area contributed by atoms with Crippen molar-refractivity contribution >= 4 is 11.3 Å². The first-order valence-electron chi connectivity index (χ1n) is 5.39. The standard InChI is InChI=1S/C11H20N2S/c1-4-10(5-2)6-13-9(3)11-7-12-8-14-11/h7-10,13H,4-6H2,1-3H3. The summed E-state index contributed by atoms with van der Waals surface area (Å²) in [5.74, 6) is 0.811. The van der Waals surface area contributed by atoms with Crippen molar-refractivity contribution < 1.29 is 0 Å². The molecule has 1 aromatic rings. The van der Waals surface area contributed by atoms with Gasteiger partial charge in [-0.3, -0.25) is 4.98 Å². The molecule has 0 aromatic carbocycles. The van der Waals surface area contributed by atoms with Crippen molar-refractivity contribution in [3.8, 4) is 0 Å². The Morgan fingerprint density at radius 3 is 2.64 bits per heavy atom. The van der Waals surface area contributed by atoms with Crippen LogP contribution in [0.2, 0.25) is 0 Å². The summed E-state index contributed by atoms with van der Waals surface area (Å²) in [5.41, 5.74) is 1.89. The topological polar surface area (TPSA) is 24.9 Å². The lowest BCUT2D eigenvalue weighted by Crippen LogP contribution is -2.24. The Balaban J connectivity index is 2.31. The molecule has 14 heavy (non-hydrogen) atoms. The zero-order chi connectivity index (χ0) is 10.4. The quantitative estimate of drug-likeness (QED) is 0.783. The van der Waals surface area contributed by atoms with E-state index in [1.165, 1.54) is 17.7 Å². The first kappa shape index (κ1) is 11.7. The van der Waals surface area contributed by atoms with E-state index in [1.807, 2.05) is 11.7 Å². The van der Waals surface area contributed by atoms with Crippen LogP contribution in [0.1, 0.15) is 44.5 Å². The van der Waals surface area contributed by atoms with Crippen molar-refractivity contribution in [1.29, 1.82) is 0 Å². The largest absolute Gasteiger partial charge is 0.309 e. The summed E-state index contributed by atoms with van der Waals surface area (Å²) >= 11 is 1.72. The molecule has 0 saturated heterocycles. The molecule has 0 radical (unpaired) electrons. The lowest BCUT2D eigenvalue weighted by atomic mass is 10.0. The molecule has 0 aliphatic rings. The Kier molecular flexibility index (Phi) is 5.12. The van der Waals surface area contributed by atoms with E-state index in [0.717, 1.165) is 12.5 Å². The average molecular weight is 212 g/mol. The van der Waals surface area contributed by atoms with Crippen LogP contribution in [0.25, 0.3) is 0 Å². The van der Waals surface area contributed by atoms with Crippen LogP contribution in [0.3, 0.4) is 0 Å². The smallest absolute Gasteiger partial charge is 0.0794 e. The van der Waals surface area contributed by atoms with Crippen LogP contribution in [0.15, 0.2) is 11.7 Å². The van der Waals surface area contributed by atoms with E-state index in [-0.39, 0.29) is 0 Å². The van der Waals surface area contributed by atoms with Gasteiger partial charge in [0.05, 0.1) is 5.51 Å². The molecule has 1 atom stereocenters. The van der Waals surface area contributed by atoms with Crippen molar-refractivity contribution in [1.82, 2.24) is 10.3 Å². The van der Waals surface area contributed by atoms with Gasteiger partial charge in [0.15, 0.2) is 0 Å². The Labute approximate surface area is 90.8 Å². The Morgan fingerprint density at radius 2 is 2.14 bits per heavy atom. The van der Waals surface area contributed by atoms with E-state index in [9.17, 15) is 0 Å². The Morgan fingerprint density at radius 1 is 1.43 bits per heavy atom. The molecular weight excluding hydrogens is 192 g/mol. The Hall–Kier alpha value is -0.410. The van der Waals surface area contributed by atoms with E-state index in [4.69, 9.17) is 0 Å². The van der Waals surface area contributed by atoms with Gasteiger partial charge in [0.1, 0.15) is 0 Å². The van der Waals surface area contributed by atoms with Crippen molar-refractivity contribution in [3.63, 3.8) is 0 Å². The van der Waals surface area contributed by atoms with Crippen LogP contribution in [-0.2, 0) is 0 Å². The maximum atomic E-state index is 4.09. The van der Waals surface area contributed by atoms with Crippen molar-refractivity contribution in [2.45, 2.75) is 39.7 Å².